The van der Waals surface area contributed by atoms with Gasteiger partial charge in [-0.2, -0.15) is 0 Å². The zero-order valence-electron chi connectivity index (χ0n) is 18.0. The molecule has 0 unspecified atom stereocenters. The van der Waals surface area contributed by atoms with Crippen molar-refractivity contribution in [3.8, 4) is 17.2 Å². The van der Waals surface area contributed by atoms with E-state index in [9.17, 15) is 4.79 Å². The molecule has 158 valence electrons. The Morgan fingerprint density at radius 3 is 2.43 bits per heavy atom. The minimum absolute atomic E-state index is 0.289. The molecule has 0 radical (unpaired) electrons. The molecule has 0 amide bonds. The predicted molar refractivity (Wildman–Crippen MR) is 121 cm³/mol. The van der Waals surface area contributed by atoms with E-state index in [-0.39, 0.29) is 11.9 Å². The van der Waals surface area contributed by atoms with Gasteiger partial charge >= 0.3 is 5.97 Å². The highest BCUT2D eigenvalue weighted by Gasteiger charge is 2.18. The Morgan fingerprint density at radius 1 is 0.867 bits per heavy atom. The smallest absolute Gasteiger partial charge is 0.318 e. The Morgan fingerprint density at radius 2 is 1.63 bits per heavy atom. The Balaban J connectivity index is 1.62. The molecule has 0 spiro atoms. The average Bonchev–Trinajstić information content (AvgIpc) is 2.78. The number of fused-ring (bicyclic) bond motifs is 1. The standard InChI is InChI=1S/C26H30O4/c1-4-5-6-7-15-29-24-9-8-10-25(18-24)30-26(27)19(2)20-11-12-22-17-23(28-3)14-13-21(22)16-20/h8-14,16-19H,4-7,15H2,1-3H3/t19-/m0/s1. The van der Waals surface area contributed by atoms with Gasteiger partial charge in [0.05, 0.1) is 19.6 Å². The molecule has 4 heteroatoms. The van der Waals surface area contributed by atoms with E-state index in [0.717, 1.165) is 34.3 Å². The van der Waals surface area contributed by atoms with Crippen molar-refractivity contribution in [2.24, 2.45) is 0 Å². The maximum absolute atomic E-state index is 12.7. The molecule has 0 N–H and O–H groups in total. The van der Waals surface area contributed by atoms with Crippen LogP contribution in [0.15, 0.2) is 60.7 Å². The van der Waals surface area contributed by atoms with Gasteiger partial charge in [0.2, 0.25) is 0 Å². The summed E-state index contributed by atoms with van der Waals surface area (Å²) in [6, 6.07) is 19.2. The van der Waals surface area contributed by atoms with Gasteiger partial charge in [0.1, 0.15) is 17.2 Å². The second-order valence-corrected chi connectivity index (χ2v) is 7.50. The summed E-state index contributed by atoms with van der Waals surface area (Å²) in [6.45, 7) is 4.73. The second kappa shape index (κ2) is 10.7. The summed E-state index contributed by atoms with van der Waals surface area (Å²) >= 11 is 0. The van der Waals surface area contributed by atoms with Gasteiger partial charge < -0.3 is 14.2 Å². The summed E-state index contributed by atoms with van der Waals surface area (Å²) in [5.74, 6) is 1.38. The van der Waals surface area contributed by atoms with Crippen LogP contribution in [-0.4, -0.2) is 19.7 Å². The quantitative estimate of drug-likeness (QED) is 0.218. The molecule has 0 bridgehead atoms. The van der Waals surface area contributed by atoms with Crippen LogP contribution in [0.3, 0.4) is 0 Å². The molecule has 30 heavy (non-hydrogen) atoms. The van der Waals surface area contributed by atoms with Crippen LogP contribution in [-0.2, 0) is 4.79 Å². The van der Waals surface area contributed by atoms with Crippen molar-refractivity contribution in [3.63, 3.8) is 0 Å². The van der Waals surface area contributed by atoms with Crippen molar-refractivity contribution in [2.75, 3.05) is 13.7 Å². The Kier molecular flexibility index (Phi) is 7.72. The van der Waals surface area contributed by atoms with E-state index in [0.29, 0.717) is 12.4 Å². The van der Waals surface area contributed by atoms with Crippen LogP contribution in [0.4, 0.5) is 0 Å². The number of carbonyl (C=O) groups is 1. The number of ether oxygens (including phenoxy) is 3. The lowest BCUT2D eigenvalue weighted by Gasteiger charge is -2.13. The number of esters is 1. The van der Waals surface area contributed by atoms with Gasteiger partial charge in [0.15, 0.2) is 0 Å². The van der Waals surface area contributed by atoms with Gasteiger partial charge in [-0.1, -0.05) is 56.5 Å². The molecule has 0 aliphatic rings. The normalized spacial score (nSPS) is 11.8. The summed E-state index contributed by atoms with van der Waals surface area (Å²) in [5, 5.41) is 2.13. The number of hydrogen-bond acceptors (Lipinski definition) is 4. The van der Waals surface area contributed by atoms with Crippen molar-refractivity contribution in [2.45, 2.75) is 45.4 Å². The third kappa shape index (κ3) is 5.76. The van der Waals surface area contributed by atoms with Crippen molar-refractivity contribution in [1.82, 2.24) is 0 Å². The number of carbonyl (C=O) groups excluding carboxylic acids is 1. The zero-order valence-corrected chi connectivity index (χ0v) is 18.0. The molecule has 0 saturated carbocycles. The van der Waals surface area contributed by atoms with Gasteiger partial charge in [0, 0.05) is 6.07 Å². The first-order valence-corrected chi connectivity index (χ1v) is 10.6. The van der Waals surface area contributed by atoms with Crippen LogP contribution in [0.25, 0.3) is 10.8 Å². The highest BCUT2D eigenvalue weighted by atomic mass is 16.5. The van der Waals surface area contributed by atoms with E-state index in [1.807, 2.05) is 55.5 Å². The molecular weight excluding hydrogens is 376 g/mol. The van der Waals surface area contributed by atoms with Crippen LogP contribution < -0.4 is 14.2 Å². The number of hydrogen-bond donors (Lipinski definition) is 0. The molecule has 1 atom stereocenters. The number of methoxy groups -OCH3 is 1. The minimum Gasteiger partial charge on any atom is -0.497 e. The lowest BCUT2D eigenvalue weighted by atomic mass is 9.98. The van der Waals surface area contributed by atoms with Gasteiger partial charge in [-0.3, -0.25) is 4.79 Å². The summed E-state index contributed by atoms with van der Waals surface area (Å²) in [6.07, 6.45) is 4.63. The molecular formula is C26H30O4. The first-order chi connectivity index (χ1) is 14.6. The molecule has 3 aromatic carbocycles. The zero-order chi connectivity index (χ0) is 21.3. The van der Waals surface area contributed by atoms with Crippen LogP contribution in [0, 0.1) is 0 Å². The third-order valence-electron chi connectivity index (χ3n) is 5.22. The molecule has 0 fully saturated rings. The predicted octanol–water partition coefficient (Wildman–Crippen LogP) is 6.52. The largest absolute Gasteiger partial charge is 0.497 e. The topological polar surface area (TPSA) is 44.8 Å². The first kappa shape index (κ1) is 21.7. The summed E-state index contributed by atoms with van der Waals surface area (Å²) in [4.78, 5) is 12.7. The fraction of sp³-hybridized carbons (Fsp3) is 0.346. The first-order valence-electron chi connectivity index (χ1n) is 10.6. The Bertz CT molecular complexity index is 980. The van der Waals surface area contributed by atoms with E-state index in [1.165, 1.54) is 19.3 Å². The van der Waals surface area contributed by atoms with Gasteiger partial charge in [0.25, 0.3) is 0 Å². The average molecular weight is 407 g/mol. The van der Waals surface area contributed by atoms with E-state index in [2.05, 4.69) is 6.92 Å². The Labute approximate surface area is 178 Å². The number of rotatable bonds is 10. The Hall–Kier alpha value is -3.01. The fourth-order valence-electron chi connectivity index (χ4n) is 3.33. The molecule has 0 aromatic heterocycles. The van der Waals surface area contributed by atoms with Gasteiger partial charge in [-0.05, 0) is 53.9 Å². The lowest BCUT2D eigenvalue weighted by Crippen LogP contribution is -2.16. The summed E-state index contributed by atoms with van der Waals surface area (Å²) in [7, 11) is 1.65. The van der Waals surface area contributed by atoms with Crippen molar-refractivity contribution in [1.29, 1.82) is 0 Å². The van der Waals surface area contributed by atoms with E-state index < -0.39 is 0 Å². The van der Waals surface area contributed by atoms with E-state index in [1.54, 1.807) is 19.2 Å². The van der Waals surface area contributed by atoms with Crippen LogP contribution in [0.2, 0.25) is 0 Å². The minimum atomic E-state index is -0.380. The van der Waals surface area contributed by atoms with Crippen LogP contribution in [0.5, 0.6) is 17.2 Å². The fourth-order valence-corrected chi connectivity index (χ4v) is 3.33. The third-order valence-corrected chi connectivity index (χ3v) is 5.22. The molecule has 3 rings (SSSR count). The molecule has 0 aliphatic heterocycles. The molecule has 0 heterocycles. The summed E-state index contributed by atoms with van der Waals surface area (Å²) < 4.78 is 16.7. The van der Waals surface area contributed by atoms with Crippen molar-refractivity contribution >= 4 is 16.7 Å². The summed E-state index contributed by atoms with van der Waals surface area (Å²) in [5.41, 5.74) is 0.918. The van der Waals surface area contributed by atoms with E-state index >= 15 is 0 Å². The maximum atomic E-state index is 12.7. The monoisotopic (exact) mass is 406 g/mol. The molecule has 0 saturated heterocycles. The second-order valence-electron chi connectivity index (χ2n) is 7.50. The van der Waals surface area contributed by atoms with Crippen molar-refractivity contribution < 1.29 is 19.0 Å². The lowest BCUT2D eigenvalue weighted by molar-refractivity contribution is -0.135. The maximum Gasteiger partial charge on any atom is 0.318 e. The molecule has 4 nitrogen and oxygen atoms in total. The van der Waals surface area contributed by atoms with Gasteiger partial charge in [-0.25, -0.2) is 0 Å². The molecule has 0 aliphatic carbocycles. The van der Waals surface area contributed by atoms with Gasteiger partial charge in [-0.15, -0.1) is 0 Å². The number of benzene rings is 3. The van der Waals surface area contributed by atoms with Crippen LogP contribution >= 0.6 is 0 Å². The highest BCUT2D eigenvalue weighted by Crippen LogP contribution is 2.27. The SMILES string of the molecule is CCCCCCOc1cccc(OC(=O)[C@@H](C)c2ccc3cc(OC)ccc3c2)c1. The van der Waals surface area contributed by atoms with E-state index in [4.69, 9.17) is 14.2 Å². The van der Waals surface area contributed by atoms with Crippen LogP contribution in [0.1, 0.15) is 51.0 Å². The highest BCUT2D eigenvalue weighted by molar-refractivity contribution is 5.87. The molecule has 3 aromatic rings. The number of unbranched alkanes of at least 4 members (excludes halogenated alkanes) is 3. The van der Waals surface area contributed by atoms with Crippen molar-refractivity contribution in [3.05, 3.63) is 66.2 Å².